The van der Waals surface area contributed by atoms with Crippen molar-refractivity contribution in [2.45, 2.75) is 52.6 Å². The molecule has 1 fully saturated rings. The highest BCUT2D eigenvalue weighted by Gasteiger charge is 2.25. The molecule has 8 nitrogen and oxygen atoms in total. The second-order valence-electron chi connectivity index (χ2n) is 5.63. The van der Waals surface area contributed by atoms with Crippen LogP contribution in [0.15, 0.2) is 0 Å². The van der Waals surface area contributed by atoms with Crippen LogP contribution in [0.3, 0.4) is 0 Å². The number of nitrogens with zero attached hydrogens (tertiary/aromatic N) is 2. The lowest BCUT2D eigenvalue weighted by Gasteiger charge is -2.15. The van der Waals surface area contributed by atoms with Crippen molar-refractivity contribution < 1.29 is 14.4 Å². The van der Waals surface area contributed by atoms with Crippen LogP contribution in [0.25, 0.3) is 0 Å². The van der Waals surface area contributed by atoms with E-state index in [2.05, 4.69) is 28.0 Å². The Labute approximate surface area is 135 Å². The Hall–Kier alpha value is -2.38. The summed E-state index contributed by atoms with van der Waals surface area (Å²) in [6, 6.07) is -1.31. The number of hydrogen-bond acceptors (Lipinski definition) is 4. The molecule has 8 heteroatoms. The molecule has 3 N–H and O–H groups in total. The fourth-order valence-electron chi connectivity index (χ4n) is 2.80. The summed E-state index contributed by atoms with van der Waals surface area (Å²) in [4.78, 5) is 34.7. The molecular weight excluding hydrogens is 298 g/mol. The van der Waals surface area contributed by atoms with Crippen LogP contribution in [0.1, 0.15) is 36.7 Å². The Morgan fingerprint density at radius 1 is 1.39 bits per heavy atom. The number of carbonyl (C=O) groups is 3. The normalized spacial score (nSPS) is 18.1. The van der Waals surface area contributed by atoms with Gasteiger partial charge < -0.3 is 10.6 Å². The maximum Gasteiger partial charge on any atom is 0.322 e. The van der Waals surface area contributed by atoms with E-state index in [1.54, 1.807) is 0 Å². The van der Waals surface area contributed by atoms with Crippen LogP contribution in [-0.4, -0.2) is 40.2 Å². The number of nitrogens with one attached hydrogen (secondary N) is 3. The summed E-state index contributed by atoms with van der Waals surface area (Å²) in [5.41, 5.74) is 3.35. The molecule has 1 aromatic rings. The molecule has 0 aromatic carbocycles. The Kier molecular flexibility index (Phi) is 5.36. The average molecular weight is 321 g/mol. The number of amides is 4. The Balaban J connectivity index is 1.87. The van der Waals surface area contributed by atoms with E-state index >= 15 is 0 Å². The number of carbonyl (C=O) groups excluding carboxylic acids is 3. The summed E-state index contributed by atoms with van der Waals surface area (Å²) in [7, 11) is 0. The summed E-state index contributed by atoms with van der Waals surface area (Å²) in [6.07, 6.45) is 1.37. The van der Waals surface area contributed by atoms with Gasteiger partial charge in [-0.1, -0.05) is 6.92 Å². The van der Waals surface area contributed by atoms with Crippen molar-refractivity contribution in [2.75, 3.05) is 6.54 Å². The third-order valence-electron chi connectivity index (χ3n) is 4.04. The second kappa shape index (κ2) is 7.26. The molecule has 2 heterocycles. The molecule has 0 aliphatic carbocycles. The van der Waals surface area contributed by atoms with E-state index in [4.69, 9.17) is 0 Å². The van der Waals surface area contributed by atoms with Gasteiger partial charge in [0.15, 0.2) is 0 Å². The topological polar surface area (TPSA) is 105 Å². The van der Waals surface area contributed by atoms with Crippen LogP contribution in [0.2, 0.25) is 0 Å². The molecule has 0 saturated carbocycles. The minimum Gasteiger partial charge on any atom is -0.352 e. The molecule has 1 aliphatic heterocycles. The van der Waals surface area contributed by atoms with Crippen molar-refractivity contribution in [3.05, 3.63) is 17.0 Å². The van der Waals surface area contributed by atoms with Gasteiger partial charge in [-0.25, -0.2) is 4.79 Å². The van der Waals surface area contributed by atoms with Crippen LogP contribution in [-0.2, 0) is 22.6 Å². The zero-order valence-electron chi connectivity index (χ0n) is 13.7. The minimum atomic E-state index is -0.687. The van der Waals surface area contributed by atoms with Crippen molar-refractivity contribution in [3.8, 4) is 0 Å². The third kappa shape index (κ3) is 4.08. The number of aryl methyl sites for hydroxylation is 1. The maximum absolute atomic E-state index is 12.1. The molecule has 1 saturated heterocycles. The van der Waals surface area contributed by atoms with E-state index in [1.165, 1.54) is 5.56 Å². The van der Waals surface area contributed by atoms with Crippen molar-refractivity contribution in [2.24, 2.45) is 0 Å². The van der Waals surface area contributed by atoms with Crippen molar-refractivity contribution in [3.63, 3.8) is 0 Å². The molecule has 1 aliphatic rings. The zero-order chi connectivity index (χ0) is 17.0. The van der Waals surface area contributed by atoms with E-state index in [-0.39, 0.29) is 18.2 Å². The van der Waals surface area contributed by atoms with E-state index in [1.807, 2.05) is 18.5 Å². The molecule has 2 rings (SSSR count). The highest BCUT2D eigenvalue weighted by Crippen LogP contribution is 2.13. The first-order valence-electron chi connectivity index (χ1n) is 7.83. The lowest BCUT2D eigenvalue weighted by molar-refractivity contribution is -0.123. The van der Waals surface area contributed by atoms with Gasteiger partial charge >= 0.3 is 6.03 Å². The predicted molar refractivity (Wildman–Crippen MR) is 83.8 cm³/mol. The van der Waals surface area contributed by atoms with Gasteiger partial charge in [0.2, 0.25) is 11.8 Å². The number of imide groups is 1. The van der Waals surface area contributed by atoms with Gasteiger partial charge in [0, 0.05) is 18.7 Å². The quantitative estimate of drug-likeness (QED) is 0.719. The van der Waals surface area contributed by atoms with E-state index in [0.717, 1.165) is 17.8 Å². The van der Waals surface area contributed by atoms with E-state index < -0.39 is 12.1 Å². The van der Waals surface area contributed by atoms with Gasteiger partial charge in [-0.2, -0.15) is 5.10 Å². The lowest BCUT2D eigenvalue weighted by atomic mass is 10.1. The molecule has 0 radical (unpaired) electrons. The highest BCUT2D eigenvalue weighted by atomic mass is 16.2. The Morgan fingerprint density at radius 3 is 2.78 bits per heavy atom. The summed E-state index contributed by atoms with van der Waals surface area (Å²) < 4.78 is 1.88. The highest BCUT2D eigenvalue weighted by molar-refractivity contribution is 5.98. The maximum atomic E-state index is 12.1. The lowest BCUT2D eigenvalue weighted by Crippen LogP contribution is -2.48. The number of rotatable bonds is 5. The molecule has 0 unspecified atom stereocenters. The van der Waals surface area contributed by atoms with Crippen LogP contribution < -0.4 is 16.0 Å². The molecule has 4 amide bonds. The molecule has 1 atom stereocenters. The van der Waals surface area contributed by atoms with Gasteiger partial charge in [-0.05, 0) is 32.3 Å². The van der Waals surface area contributed by atoms with Gasteiger partial charge in [0.1, 0.15) is 6.04 Å². The fraction of sp³-hybridized carbons (Fsp3) is 0.600. The molecule has 0 spiro atoms. The molecule has 0 bridgehead atoms. The SMILES string of the molecule is CCc1c(C)nn(CCNC(=O)[C@@H]2CCC(=O)NC(=O)N2)c1C. The third-order valence-corrected chi connectivity index (χ3v) is 4.04. The fourth-order valence-corrected chi connectivity index (χ4v) is 2.80. The van der Waals surface area contributed by atoms with Gasteiger partial charge in [-0.15, -0.1) is 0 Å². The summed E-state index contributed by atoms with van der Waals surface area (Å²) in [5.74, 6) is -0.653. The van der Waals surface area contributed by atoms with Crippen LogP contribution in [0, 0.1) is 13.8 Å². The Morgan fingerprint density at radius 2 is 2.13 bits per heavy atom. The van der Waals surface area contributed by atoms with Gasteiger partial charge in [0.25, 0.3) is 0 Å². The summed E-state index contributed by atoms with van der Waals surface area (Å²) >= 11 is 0. The number of urea groups is 1. The smallest absolute Gasteiger partial charge is 0.322 e. The first-order chi connectivity index (χ1) is 10.9. The molecule has 23 heavy (non-hydrogen) atoms. The number of hydrogen-bond donors (Lipinski definition) is 3. The van der Waals surface area contributed by atoms with Gasteiger partial charge in [0.05, 0.1) is 12.2 Å². The predicted octanol–water partition coefficient (Wildman–Crippen LogP) is 0.167. The van der Waals surface area contributed by atoms with Crippen LogP contribution >= 0.6 is 0 Å². The molecular formula is C15H23N5O3. The van der Waals surface area contributed by atoms with E-state index in [9.17, 15) is 14.4 Å². The molecule has 1 aromatic heterocycles. The van der Waals surface area contributed by atoms with Crippen molar-refractivity contribution in [1.29, 1.82) is 0 Å². The second-order valence-corrected chi connectivity index (χ2v) is 5.63. The summed E-state index contributed by atoms with van der Waals surface area (Å²) in [6.45, 7) is 7.07. The minimum absolute atomic E-state index is 0.147. The average Bonchev–Trinajstić information content (AvgIpc) is 2.65. The first kappa shape index (κ1) is 17.0. The largest absolute Gasteiger partial charge is 0.352 e. The van der Waals surface area contributed by atoms with Crippen molar-refractivity contribution >= 4 is 17.8 Å². The Bertz CT molecular complexity index is 623. The molecule has 126 valence electrons. The van der Waals surface area contributed by atoms with Crippen LogP contribution in [0.5, 0.6) is 0 Å². The summed E-state index contributed by atoms with van der Waals surface area (Å²) in [5, 5.41) is 11.9. The van der Waals surface area contributed by atoms with Crippen LogP contribution in [0.4, 0.5) is 4.79 Å². The van der Waals surface area contributed by atoms with E-state index in [0.29, 0.717) is 19.5 Å². The monoisotopic (exact) mass is 321 g/mol. The number of aromatic nitrogens is 2. The standard InChI is InChI=1S/C15H23N5O3/c1-4-11-9(2)19-20(10(11)3)8-7-16-14(22)12-5-6-13(21)18-15(23)17-12/h12H,4-8H2,1-3H3,(H,16,22)(H2,17,18,21,23)/t12-/m0/s1. The zero-order valence-corrected chi connectivity index (χ0v) is 13.7. The first-order valence-corrected chi connectivity index (χ1v) is 7.83. The van der Waals surface area contributed by atoms with Crippen molar-refractivity contribution in [1.82, 2.24) is 25.7 Å². The van der Waals surface area contributed by atoms with Gasteiger partial charge in [-0.3, -0.25) is 19.6 Å².